The van der Waals surface area contributed by atoms with E-state index in [1.165, 1.54) is 11.8 Å². The van der Waals surface area contributed by atoms with E-state index < -0.39 is 0 Å². The summed E-state index contributed by atoms with van der Waals surface area (Å²) in [5.74, 6) is -0.292. The van der Waals surface area contributed by atoms with E-state index >= 15 is 0 Å². The van der Waals surface area contributed by atoms with E-state index in [4.69, 9.17) is 11.6 Å². The average molecular weight is 340 g/mol. The first-order valence-electron chi connectivity index (χ1n) is 7.11. The number of carbonyl (C=O) groups excluding carboxylic acids is 2. The van der Waals surface area contributed by atoms with Crippen LogP contribution in [0.5, 0.6) is 0 Å². The van der Waals surface area contributed by atoms with Crippen molar-refractivity contribution in [2.24, 2.45) is 5.92 Å². The molecule has 1 amide bonds. The van der Waals surface area contributed by atoms with Gasteiger partial charge in [0.15, 0.2) is 5.78 Å². The number of aryl methyl sites for hydroxylation is 1. The number of Topliss-reactive ketones (excluding diaryl/α,β-unsaturated/α-hetero) is 1. The third-order valence-electron chi connectivity index (χ3n) is 3.21. The van der Waals surface area contributed by atoms with Crippen molar-refractivity contribution in [1.29, 1.82) is 0 Å². The van der Waals surface area contributed by atoms with Crippen LogP contribution in [-0.4, -0.2) is 17.9 Å². The summed E-state index contributed by atoms with van der Waals surface area (Å²) in [6, 6.07) is 5.28. The van der Waals surface area contributed by atoms with Gasteiger partial charge >= 0.3 is 0 Å². The first kappa shape index (κ1) is 18.8. The van der Waals surface area contributed by atoms with Gasteiger partial charge in [-0.05, 0) is 48.6 Å². The Morgan fingerprint density at radius 1 is 1.32 bits per heavy atom. The van der Waals surface area contributed by atoms with Crippen molar-refractivity contribution >= 4 is 40.7 Å². The molecule has 0 saturated heterocycles. The normalized spacial score (nSPS) is 12.1. The van der Waals surface area contributed by atoms with Gasteiger partial charge in [-0.15, -0.1) is 11.8 Å². The molecule has 0 radical (unpaired) electrons. The lowest BCUT2D eigenvalue weighted by molar-refractivity contribution is -0.120. The number of halogens is 1. The predicted molar refractivity (Wildman–Crippen MR) is 95.5 cm³/mol. The van der Waals surface area contributed by atoms with Gasteiger partial charge in [-0.2, -0.15) is 0 Å². The van der Waals surface area contributed by atoms with Crippen LogP contribution in [-0.2, 0) is 9.59 Å². The molecule has 22 heavy (non-hydrogen) atoms. The highest BCUT2D eigenvalue weighted by Gasteiger charge is 2.22. The van der Waals surface area contributed by atoms with Crippen LogP contribution < -0.4 is 5.32 Å². The van der Waals surface area contributed by atoms with Crippen LogP contribution in [0.3, 0.4) is 0 Å². The molecular formula is C17H22ClNO2S. The van der Waals surface area contributed by atoms with Gasteiger partial charge in [0, 0.05) is 17.1 Å². The second-order valence-electron chi connectivity index (χ2n) is 5.57. The molecule has 0 aliphatic rings. The maximum absolute atomic E-state index is 12.6. The minimum atomic E-state index is -0.372. The maximum atomic E-state index is 12.6. The van der Waals surface area contributed by atoms with Gasteiger partial charge < -0.3 is 5.32 Å². The monoisotopic (exact) mass is 339 g/mol. The molecule has 120 valence electrons. The van der Waals surface area contributed by atoms with Crippen molar-refractivity contribution in [2.75, 3.05) is 11.6 Å². The fourth-order valence-electron chi connectivity index (χ4n) is 1.97. The molecule has 0 aliphatic heterocycles. The second-order valence-corrected chi connectivity index (χ2v) is 7.03. The zero-order valence-corrected chi connectivity index (χ0v) is 15.2. The van der Waals surface area contributed by atoms with Gasteiger partial charge in [-0.25, -0.2) is 0 Å². The summed E-state index contributed by atoms with van der Waals surface area (Å²) in [4.78, 5) is 25.7. The van der Waals surface area contributed by atoms with E-state index in [1.54, 1.807) is 19.1 Å². The fourth-order valence-corrected chi connectivity index (χ4v) is 2.55. The Labute approximate surface area is 141 Å². The summed E-state index contributed by atoms with van der Waals surface area (Å²) < 4.78 is 0. The fraction of sp³-hybridized carbons (Fsp3) is 0.412. The first-order chi connectivity index (χ1) is 10.3. The number of hydrogen-bond acceptors (Lipinski definition) is 3. The van der Waals surface area contributed by atoms with Crippen LogP contribution in [0.15, 0.2) is 28.7 Å². The van der Waals surface area contributed by atoms with Crippen LogP contribution in [0, 0.1) is 12.8 Å². The van der Waals surface area contributed by atoms with Gasteiger partial charge in [-0.1, -0.05) is 31.5 Å². The number of rotatable bonds is 6. The van der Waals surface area contributed by atoms with Gasteiger partial charge in [0.2, 0.25) is 0 Å². The predicted octanol–water partition coefficient (Wildman–Crippen LogP) is 4.84. The largest absolute Gasteiger partial charge is 0.322 e. The zero-order valence-electron chi connectivity index (χ0n) is 13.6. The van der Waals surface area contributed by atoms with Crippen LogP contribution in [0.2, 0.25) is 5.02 Å². The maximum Gasteiger partial charge on any atom is 0.260 e. The van der Waals surface area contributed by atoms with Crippen LogP contribution in [0.4, 0.5) is 5.69 Å². The molecule has 0 saturated carbocycles. The number of allylic oxidation sites excluding steroid dienone is 1. The van der Waals surface area contributed by atoms with E-state index in [-0.39, 0.29) is 23.2 Å². The van der Waals surface area contributed by atoms with Gasteiger partial charge in [-0.3, -0.25) is 9.59 Å². The quantitative estimate of drug-likeness (QED) is 0.458. The number of nitrogens with one attached hydrogen (secondary N) is 1. The van der Waals surface area contributed by atoms with Gasteiger partial charge in [0.25, 0.3) is 5.91 Å². The van der Waals surface area contributed by atoms with Crippen molar-refractivity contribution in [3.8, 4) is 0 Å². The summed E-state index contributed by atoms with van der Waals surface area (Å²) >= 11 is 7.37. The molecule has 3 nitrogen and oxygen atoms in total. The Kier molecular flexibility index (Phi) is 7.17. The molecule has 0 aliphatic carbocycles. The number of anilines is 1. The Balaban J connectivity index is 3.09. The van der Waals surface area contributed by atoms with E-state index in [0.717, 1.165) is 10.5 Å². The van der Waals surface area contributed by atoms with Gasteiger partial charge in [0.05, 0.1) is 5.57 Å². The average Bonchev–Trinajstić information content (AvgIpc) is 2.42. The highest BCUT2D eigenvalue weighted by atomic mass is 35.5. The topological polar surface area (TPSA) is 46.2 Å². The van der Waals surface area contributed by atoms with Crippen LogP contribution in [0.1, 0.15) is 32.8 Å². The first-order valence-corrected chi connectivity index (χ1v) is 8.72. The highest BCUT2D eigenvalue weighted by molar-refractivity contribution is 8.02. The Morgan fingerprint density at radius 2 is 1.95 bits per heavy atom. The molecular weight excluding hydrogens is 318 g/mol. The highest BCUT2D eigenvalue weighted by Crippen LogP contribution is 2.24. The van der Waals surface area contributed by atoms with Gasteiger partial charge in [0.1, 0.15) is 0 Å². The Hall–Kier alpha value is -1.26. The lowest BCUT2D eigenvalue weighted by Gasteiger charge is -2.13. The molecule has 0 fully saturated rings. The third-order valence-corrected chi connectivity index (χ3v) is 4.26. The molecule has 1 aromatic carbocycles. The van der Waals surface area contributed by atoms with E-state index in [1.807, 2.05) is 33.1 Å². The van der Waals surface area contributed by atoms with E-state index in [0.29, 0.717) is 17.1 Å². The SMILES string of the molecule is CS/C(C)=C(\C(=O)CC(C)C)C(=O)Nc1cc(Cl)ccc1C. The minimum Gasteiger partial charge on any atom is -0.322 e. The lowest BCUT2D eigenvalue weighted by atomic mass is 10.00. The minimum absolute atomic E-state index is 0.126. The number of amides is 1. The van der Waals surface area contributed by atoms with Crippen LogP contribution in [0.25, 0.3) is 0 Å². The summed E-state index contributed by atoms with van der Waals surface area (Å²) in [5, 5.41) is 3.35. The summed E-state index contributed by atoms with van der Waals surface area (Å²) in [5.41, 5.74) is 1.76. The molecule has 5 heteroatoms. The standard InChI is InChI=1S/C17H22ClNO2S/c1-10(2)8-15(20)16(12(4)22-5)17(21)19-14-9-13(18)7-6-11(14)3/h6-7,9-10H,8H2,1-5H3,(H,19,21)/b16-12+. The number of hydrogen-bond donors (Lipinski definition) is 1. The van der Waals surface area contributed by atoms with Crippen molar-refractivity contribution < 1.29 is 9.59 Å². The Morgan fingerprint density at radius 3 is 2.50 bits per heavy atom. The summed E-state index contributed by atoms with van der Waals surface area (Å²) in [6.45, 7) is 7.60. The second kappa shape index (κ2) is 8.39. The lowest BCUT2D eigenvalue weighted by Crippen LogP contribution is -2.23. The van der Waals surface area contributed by atoms with E-state index in [9.17, 15) is 9.59 Å². The molecule has 0 bridgehead atoms. The zero-order chi connectivity index (χ0) is 16.9. The molecule has 1 rings (SSSR count). The molecule has 1 N–H and O–H groups in total. The smallest absolute Gasteiger partial charge is 0.260 e. The number of carbonyl (C=O) groups is 2. The molecule has 1 aromatic rings. The number of benzene rings is 1. The number of thioether (sulfide) groups is 1. The summed E-state index contributed by atoms with van der Waals surface area (Å²) in [7, 11) is 0. The van der Waals surface area contributed by atoms with Crippen molar-refractivity contribution in [3.63, 3.8) is 0 Å². The van der Waals surface area contributed by atoms with E-state index in [2.05, 4.69) is 5.32 Å². The summed E-state index contributed by atoms with van der Waals surface area (Å²) in [6.07, 6.45) is 2.21. The number of ketones is 1. The molecule has 0 aromatic heterocycles. The Bertz CT molecular complexity index is 609. The molecule has 0 heterocycles. The van der Waals surface area contributed by atoms with Crippen molar-refractivity contribution in [3.05, 3.63) is 39.3 Å². The van der Waals surface area contributed by atoms with Crippen molar-refractivity contribution in [2.45, 2.75) is 34.1 Å². The molecule has 0 unspecified atom stereocenters. The van der Waals surface area contributed by atoms with Crippen LogP contribution >= 0.6 is 23.4 Å². The molecule has 0 atom stereocenters. The molecule has 0 spiro atoms. The third kappa shape index (κ3) is 5.18. The van der Waals surface area contributed by atoms with Crippen molar-refractivity contribution in [1.82, 2.24) is 0 Å².